The van der Waals surface area contributed by atoms with Gasteiger partial charge in [-0.2, -0.15) is 0 Å². The van der Waals surface area contributed by atoms with E-state index in [9.17, 15) is 0 Å². The zero-order valence-corrected chi connectivity index (χ0v) is 29.2. The molecule has 0 amide bonds. The molecule has 0 bridgehead atoms. The van der Waals surface area contributed by atoms with Gasteiger partial charge in [0.15, 0.2) is 0 Å². The molecular weight excluding hydrogens is 573 g/mol. The molecule has 0 atom stereocenters. The van der Waals surface area contributed by atoms with Crippen molar-refractivity contribution >= 4 is 66.5 Å². The van der Waals surface area contributed by atoms with Crippen LogP contribution in [-0.4, -0.2) is 6.71 Å². The molecule has 0 saturated heterocycles. The summed E-state index contributed by atoms with van der Waals surface area (Å²) in [5, 5.41) is 1.43. The van der Waals surface area contributed by atoms with Gasteiger partial charge in [0, 0.05) is 32.6 Å². The van der Waals surface area contributed by atoms with Gasteiger partial charge in [-0.15, -0.1) is 11.3 Å². The van der Waals surface area contributed by atoms with Crippen molar-refractivity contribution in [3.8, 4) is 11.1 Å². The Morgan fingerprint density at radius 1 is 0.783 bits per heavy atom. The van der Waals surface area contributed by atoms with Crippen LogP contribution in [-0.2, 0) is 16.2 Å². The van der Waals surface area contributed by atoms with E-state index in [2.05, 4.69) is 145 Å². The molecule has 3 heterocycles. The SMILES string of the molecule is CC(C)(C)c1ccc(N2c3ccc(C(C)(C)C)cc3B3c4sc5cc6c(cc5c4-c4cccc2c43)C2=C(CCC=C2)C6(C)C)cc1. The van der Waals surface area contributed by atoms with Crippen molar-refractivity contribution in [3.63, 3.8) is 0 Å². The second-order valence-corrected chi connectivity index (χ2v) is 17.6. The van der Waals surface area contributed by atoms with Gasteiger partial charge in [-0.05, 0) is 115 Å². The average molecular weight is 616 g/mol. The minimum atomic E-state index is 0.0704. The van der Waals surface area contributed by atoms with Crippen LogP contribution in [0.2, 0.25) is 0 Å². The lowest BCUT2D eigenvalue weighted by molar-refractivity contribution is 0.590. The van der Waals surface area contributed by atoms with Crippen LogP contribution in [0.15, 0.2) is 90.5 Å². The van der Waals surface area contributed by atoms with Crippen molar-refractivity contribution < 1.29 is 0 Å². The van der Waals surface area contributed by atoms with Crippen molar-refractivity contribution in [2.75, 3.05) is 4.90 Å². The molecule has 0 spiro atoms. The lowest BCUT2D eigenvalue weighted by Gasteiger charge is -2.37. The molecular formula is C43H42BNS. The average Bonchev–Trinajstić information content (AvgIpc) is 3.62. The Balaban J connectivity index is 1.31. The highest BCUT2D eigenvalue weighted by Crippen LogP contribution is 2.53. The molecule has 0 unspecified atom stereocenters. The molecule has 2 aliphatic heterocycles. The zero-order chi connectivity index (χ0) is 31.9. The molecule has 0 N–H and O–H groups in total. The third kappa shape index (κ3) is 3.76. The Bertz CT molecular complexity index is 2190. The number of nitrogens with zero attached hydrogens (tertiary/aromatic N) is 1. The fourth-order valence-electron chi connectivity index (χ4n) is 8.78. The summed E-state index contributed by atoms with van der Waals surface area (Å²) in [6, 6.07) is 28.7. The number of hydrogen-bond acceptors (Lipinski definition) is 2. The van der Waals surface area contributed by atoms with Gasteiger partial charge < -0.3 is 4.90 Å². The smallest absolute Gasteiger partial charge is 0.260 e. The molecule has 228 valence electrons. The van der Waals surface area contributed by atoms with Crippen molar-refractivity contribution in [3.05, 3.63) is 113 Å². The molecule has 0 saturated carbocycles. The highest BCUT2D eigenvalue weighted by Gasteiger charge is 2.46. The first-order valence-electron chi connectivity index (χ1n) is 17.0. The summed E-state index contributed by atoms with van der Waals surface area (Å²) in [4.78, 5) is 2.53. The molecule has 2 aliphatic carbocycles. The van der Waals surface area contributed by atoms with E-state index in [-0.39, 0.29) is 23.0 Å². The van der Waals surface area contributed by atoms with Crippen molar-refractivity contribution in [1.29, 1.82) is 0 Å². The summed E-state index contributed by atoms with van der Waals surface area (Å²) in [7, 11) is 0. The second kappa shape index (κ2) is 9.17. The lowest BCUT2D eigenvalue weighted by atomic mass is 9.39. The van der Waals surface area contributed by atoms with Gasteiger partial charge in [-0.1, -0.05) is 110 Å². The third-order valence-corrected chi connectivity index (χ3v) is 12.5. The number of fused-ring (bicyclic) bond motifs is 9. The topological polar surface area (TPSA) is 3.24 Å². The van der Waals surface area contributed by atoms with Crippen LogP contribution >= 0.6 is 11.3 Å². The number of thiophene rings is 1. The number of benzene rings is 4. The third-order valence-electron chi connectivity index (χ3n) is 11.3. The van der Waals surface area contributed by atoms with Crippen LogP contribution in [0.25, 0.3) is 26.8 Å². The van der Waals surface area contributed by atoms with E-state index < -0.39 is 0 Å². The Labute approximate surface area is 278 Å². The summed E-state index contributed by atoms with van der Waals surface area (Å²) in [5.41, 5.74) is 18.7. The Kier molecular flexibility index (Phi) is 5.66. The van der Waals surface area contributed by atoms with Gasteiger partial charge in [0.25, 0.3) is 6.71 Å². The van der Waals surface area contributed by atoms with Crippen molar-refractivity contribution in [2.24, 2.45) is 0 Å². The first-order chi connectivity index (χ1) is 21.8. The van der Waals surface area contributed by atoms with Gasteiger partial charge in [-0.3, -0.25) is 0 Å². The molecule has 1 nitrogen and oxygen atoms in total. The van der Waals surface area contributed by atoms with Gasteiger partial charge in [-0.25, -0.2) is 0 Å². The van der Waals surface area contributed by atoms with E-state index in [1.807, 2.05) is 11.3 Å². The van der Waals surface area contributed by atoms with E-state index in [0.29, 0.717) is 0 Å². The number of allylic oxidation sites excluding steroid dienone is 4. The van der Waals surface area contributed by atoms with Crippen LogP contribution < -0.4 is 20.6 Å². The lowest BCUT2D eigenvalue weighted by Crippen LogP contribution is -2.54. The predicted molar refractivity (Wildman–Crippen MR) is 202 cm³/mol. The first kappa shape index (κ1) is 28.4. The van der Waals surface area contributed by atoms with Gasteiger partial charge in [0.1, 0.15) is 0 Å². The number of anilines is 3. The van der Waals surface area contributed by atoms with Crippen LogP contribution in [0.1, 0.15) is 90.5 Å². The number of hydrogen-bond donors (Lipinski definition) is 0. The summed E-state index contributed by atoms with van der Waals surface area (Å²) in [6.07, 6.45) is 7.11. The second-order valence-electron chi connectivity index (χ2n) is 16.5. The largest absolute Gasteiger partial charge is 0.311 e. The Hall–Kier alpha value is -3.82. The predicted octanol–water partition coefficient (Wildman–Crippen LogP) is 10.2. The molecule has 4 aromatic carbocycles. The zero-order valence-electron chi connectivity index (χ0n) is 28.4. The van der Waals surface area contributed by atoms with E-state index in [1.165, 1.54) is 88.2 Å². The number of rotatable bonds is 1. The monoisotopic (exact) mass is 615 g/mol. The molecule has 5 aromatic rings. The van der Waals surface area contributed by atoms with Crippen LogP contribution in [0.5, 0.6) is 0 Å². The molecule has 4 aliphatic rings. The molecule has 0 fully saturated rings. The Morgan fingerprint density at radius 2 is 1.52 bits per heavy atom. The summed E-state index contributed by atoms with van der Waals surface area (Å²) in [6.45, 7) is 19.0. The van der Waals surface area contributed by atoms with Gasteiger partial charge >= 0.3 is 0 Å². The van der Waals surface area contributed by atoms with Gasteiger partial charge in [0.2, 0.25) is 0 Å². The van der Waals surface area contributed by atoms with Crippen LogP contribution in [0.3, 0.4) is 0 Å². The molecule has 1 aromatic heterocycles. The normalized spacial score (nSPS) is 17.3. The van der Waals surface area contributed by atoms with Crippen LogP contribution in [0.4, 0.5) is 17.1 Å². The van der Waals surface area contributed by atoms with E-state index in [4.69, 9.17) is 0 Å². The minimum absolute atomic E-state index is 0.0704. The summed E-state index contributed by atoms with van der Waals surface area (Å²) in [5.74, 6) is 0. The van der Waals surface area contributed by atoms with Crippen LogP contribution in [0, 0.1) is 0 Å². The standard InChI is InChI=1S/C43H42BNS/c1-41(2,3)25-16-19-27(20-17-25)45-35-21-18-26(42(4,5)6)22-34(35)44-39-29(13-11-15-36(39)45)38-31-23-30-28-12-9-10-14-32(28)43(7,8)33(30)24-37(31)46-40(38)44/h9,11-13,15-24H,10,14H2,1-8H3. The maximum atomic E-state index is 2.56. The fourth-order valence-corrected chi connectivity index (χ4v) is 10.2. The molecule has 3 heteroatoms. The van der Waals surface area contributed by atoms with E-state index >= 15 is 0 Å². The fraction of sp³-hybridized carbons (Fsp3) is 0.302. The molecule has 46 heavy (non-hydrogen) atoms. The quantitative estimate of drug-likeness (QED) is 0.166. The van der Waals surface area contributed by atoms with E-state index in [1.54, 1.807) is 5.57 Å². The van der Waals surface area contributed by atoms with E-state index in [0.717, 1.165) is 6.42 Å². The molecule has 9 rings (SSSR count). The Morgan fingerprint density at radius 3 is 2.26 bits per heavy atom. The van der Waals surface area contributed by atoms with Gasteiger partial charge in [0.05, 0.1) is 0 Å². The highest BCUT2D eigenvalue weighted by atomic mass is 32.1. The highest BCUT2D eigenvalue weighted by molar-refractivity contribution is 7.34. The molecule has 0 radical (unpaired) electrons. The van der Waals surface area contributed by atoms with Crippen molar-refractivity contribution in [1.82, 2.24) is 0 Å². The first-order valence-corrected chi connectivity index (χ1v) is 17.9. The minimum Gasteiger partial charge on any atom is -0.311 e. The van der Waals surface area contributed by atoms with Crippen molar-refractivity contribution in [2.45, 2.75) is 84.5 Å². The maximum absolute atomic E-state index is 2.56. The maximum Gasteiger partial charge on any atom is 0.260 e. The summed E-state index contributed by atoms with van der Waals surface area (Å²) < 4.78 is 2.95. The summed E-state index contributed by atoms with van der Waals surface area (Å²) >= 11 is 2.04.